The summed E-state index contributed by atoms with van der Waals surface area (Å²) in [5, 5.41) is 2.59. The molecule has 1 saturated carbocycles. The van der Waals surface area contributed by atoms with Crippen LogP contribution in [0.25, 0.3) is 0 Å². The maximum atomic E-state index is 13.4. The van der Waals surface area contributed by atoms with Crippen molar-refractivity contribution in [3.63, 3.8) is 0 Å². The van der Waals surface area contributed by atoms with Crippen LogP contribution in [0.4, 0.5) is 0 Å². The quantitative estimate of drug-likeness (QED) is 0.574. The summed E-state index contributed by atoms with van der Waals surface area (Å²) >= 11 is 0. The van der Waals surface area contributed by atoms with E-state index in [0.717, 1.165) is 25.7 Å². The van der Waals surface area contributed by atoms with Gasteiger partial charge in [0.2, 0.25) is 5.91 Å². The van der Waals surface area contributed by atoms with E-state index in [0.29, 0.717) is 18.4 Å². The van der Waals surface area contributed by atoms with E-state index >= 15 is 0 Å². The minimum absolute atomic E-state index is 0.0331. The van der Waals surface area contributed by atoms with Crippen LogP contribution in [0.15, 0.2) is 60.7 Å². The second-order valence-electron chi connectivity index (χ2n) is 11.3. The van der Waals surface area contributed by atoms with Crippen LogP contribution in [0.1, 0.15) is 59.8 Å². The third-order valence-corrected chi connectivity index (χ3v) is 13.3. The first-order valence-electron chi connectivity index (χ1n) is 12.4. The lowest BCUT2D eigenvalue weighted by Crippen LogP contribution is -2.67. The third-order valence-electron chi connectivity index (χ3n) is 8.33. The van der Waals surface area contributed by atoms with E-state index in [9.17, 15) is 4.79 Å². The predicted molar refractivity (Wildman–Crippen MR) is 133 cm³/mol. The van der Waals surface area contributed by atoms with Crippen molar-refractivity contribution >= 4 is 24.6 Å². The molecule has 0 N–H and O–H groups in total. The molecule has 0 unspecified atom stereocenters. The highest BCUT2D eigenvalue weighted by atomic mass is 28.4. The van der Waals surface area contributed by atoms with Crippen molar-refractivity contribution in [2.45, 2.75) is 76.4 Å². The first-order valence-corrected chi connectivity index (χ1v) is 14.3. The Labute approximate surface area is 194 Å². The normalized spacial score (nSPS) is 29.2. The molecule has 32 heavy (non-hydrogen) atoms. The molecule has 3 fully saturated rings. The van der Waals surface area contributed by atoms with E-state index in [4.69, 9.17) is 4.43 Å². The van der Waals surface area contributed by atoms with E-state index in [-0.39, 0.29) is 22.5 Å². The maximum Gasteiger partial charge on any atom is 0.261 e. The second kappa shape index (κ2) is 7.84. The van der Waals surface area contributed by atoms with Gasteiger partial charge in [-0.2, -0.15) is 0 Å². The first kappa shape index (κ1) is 21.9. The number of amides is 1. The Morgan fingerprint density at radius 3 is 2.12 bits per heavy atom. The number of hydrogen-bond donors (Lipinski definition) is 0. The maximum absolute atomic E-state index is 13.4. The monoisotopic (exact) mass is 447 g/mol. The Morgan fingerprint density at radius 2 is 1.59 bits per heavy atom. The Balaban J connectivity index is 1.48. The van der Waals surface area contributed by atoms with E-state index < -0.39 is 8.32 Å². The summed E-state index contributed by atoms with van der Waals surface area (Å²) in [6.45, 7) is 9.82. The van der Waals surface area contributed by atoms with Crippen molar-refractivity contribution in [1.29, 1.82) is 0 Å². The van der Waals surface area contributed by atoms with Gasteiger partial charge in [-0.25, -0.2) is 0 Å². The fourth-order valence-electron chi connectivity index (χ4n) is 6.92. The lowest BCUT2D eigenvalue weighted by molar-refractivity contribution is -0.134. The van der Waals surface area contributed by atoms with Gasteiger partial charge < -0.3 is 9.33 Å². The van der Waals surface area contributed by atoms with Gasteiger partial charge in [-0.05, 0) is 47.0 Å². The lowest BCUT2D eigenvalue weighted by atomic mass is 9.97. The molecule has 2 aromatic carbocycles. The summed E-state index contributed by atoms with van der Waals surface area (Å²) in [6, 6.07) is 21.9. The Kier molecular flexibility index (Phi) is 5.37. The molecule has 3 aliphatic rings. The summed E-state index contributed by atoms with van der Waals surface area (Å²) in [7, 11) is -2.56. The molecule has 1 spiro atoms. The van der Waals surface area contributed by atoms with Crippen molar-refractivity contribution < 1.29 is 9.22 Å². The zero-order valence-corrected chi connectivity index (χ0v) is 21.0. The summed E-state index contributed by atoms with van der Waals surface area (Å²) < 4.78 is 7.21. The molecule has 4 heteroatoms. The van der Waals surface area contributed by atoms with Crippen LogP contribution in [-0.4, -0.2) is 37.3 Å². The van der Waals surface area contributed by atoms with Crippen LogP contribution < -0.4 is 10.4 Å². The summed E-state index contributed by atoms with van der Waals surface area (Å²) in [5.41, 5.74) is 0.177. The molecule has 1 aliphatic carbocycles. The van der Waals surface area contributed by atoms with Crippen molar-refractivity contribution in [3.05, 3.63) is 60.7 Å². The van der Waals surface area contributed by atoms with Gasteiger partial charge in [-0.15, -0.1) is 0 Å². The van der Waals surface area contributed by atoms with Gasteiger partial charge in [-0.3, -0.25) is 4.79 Å². The molecule has 5 rings (SSSR count). The first-order chi connectivity index (χ1) is 15.3. The van der Waals surface area contributed by atoms with Crippen LogP contribution in [0.2, 0.25) is 5.04 Å². The largest absolute Gasteiger partial charge is 0.405 e. The molecule has 4 atom stereocenters. The fourth-order valence-corrected chi connectivity index (χ4v) is 11.5. The van der Waals surface area contributed by atoms with Gasteiger partial charge in [0.15, 0.2) is 0 Å². The smallest absolute Gasteiger partial charge is 0.261 e. The van der Waals surface area contributed by atoms with Gasteiger partial charge in [0.05, 0.1) is 12.6 Å². The average Bonchev–Trinajstić information content (AvgIpc) is 3.25. The molecule has 2 aromatic rings. The van der Waals surface area contributed by atoms with Crippen molar-refractivity contribution in [3.8, 4) is 0 Å². The van der Waals surface area contributed by atoms with Crippen LogP contribution in [-0.2, 0) is 9.22 Å². The molecular formula is C28H37NO2Si. The minimum Gasteiger partial charge on any atom is -0.405 e. The lowest BCUT2D eigenvalue weighted by Gasteiger charge is -2.44. The summed E-state index contributed by atoms with van der Waals surface area (Å²) in [5.74, 6) is 1.34. The van der Waals surface area contributed by atoms with Gasteiger partial charge in [0.25, 0.3) is 8.32 Å². The standard InChI is InChI=1S/C28H37NO2Si/c1-5-12-21-18-28-19-22(28)17-23(29(28)26(21)30)20-31-32(27(2,3)4,24-13-8-6-9-14-24)25-15-10-7-11-16-25/h6-11,13-16,21-23H,5,12,17-20H2,1-4H3/t21-,22+,23+,28-/m0/s1. The highest BCUT2D eigenvalue weighted by Gasteiger charge is 2.71. The molecule has 0 aromatic heterocycles. The number of piperidine rings is 1. The molecular weight excluding hydrogens is 410 g/mol. The van der Waals surface area contributed by atoms with Gasteiger partial charge >= 0.3 is 0 Å². The number of rotatable bonds is 7. The van der Waals surface area contributed by atoms with Crippen LogP contribution in [0, 0.1) is 11.8 Å². The molecule has 2 aliphatic heterocycles. The molecule has 1 amide bonds. The number of nitrogens with zero attached hydrogens (tertiary/aromatic N) is 1. The number of carbonyl (C=O) groups is 1. The van der Waals surface area contributed by atoms with Crippen molar-refractivity contribution in [1.82, 2.24) is 4.90 Å². The molecule has 2 heterocycles. The van der Waals surface area contributed by atoms with Crippen molar-refractivity contribution in [2.24, 2.45) is 11.8 Å². The molecule has 170 valence electrons. The van der Waals surface area contributed by atoms with Crippen molar-refractivity contribution in [2.75, 3.05) is 6.61 Å². The Morgan fingerprint density at radius 1 is 1.00 bits per heavy atom. The predicted octanol–water partition coefficient (Wildman–Crippen LogP) is 4.74. The topological polar surface area (TPSA) is 29.5 Å². The number of hydrogen-bond acceptors (Lipinski definition) is 2. The zero-order valence-electron chi connectivity index (χ0n) is 20.0. The molecule has 0 radical (unpaired) electrons. The Hall–Kier alpha value is -1.91. The van der Waals surface area contributed by atoms with Gasteiger partial charge in [0, 0.05) is 11.5 Å². The van der Waals surface area contributed by atoms with Crippen LogP contribution >= 0.6 is 0 Å². The van der Waals surface area contributed by atoms with E-state index in [1.807, 2.05) is 0 Å². The average molecular weight is 448 g/mol. The SMILES string of the molecule is CCC[C@H]1C[C@]23C[C@H]2C[C@H](CO[Si](c2ccccc2)(c2ccccc2)C(C)(C)C)N3C1=O. The highest BCUT2D eigenvalue weighted by Crippen LogP contribution is 2.65. The van der Waals surface area contributed by atoms with Crippen LogP contribution in [0.3, 0.4) is 0 Å². The highest BCUT2D eigenvalue weighted by molar-refractivity contribution is 6.99. The van der Waals surface area contributed by atoms with Gasteiger partial charge in [-0.1, -0.05) is 94.8 Å². The third kappa shape index (κ3) is 3.21. The zero-order chi connectivity index (χ0) is 22.6. The molecule has 3 nitrogen and oxygen atoms in total. The summed E-state index contributed by atoms with van der Waals surface area (Å²) in [4.78, 5) is 15.7. The summed E-state index contributed by atoms with van der Waals surface area (Å²) in [6.07, 6.45) is 5.54. The Bertz CT molecular complexity index is 930. The number of benzene rings is 2. The molecule has 0 bridgehead atoms. The van der Waals surface area contributed by atoms with E-state index in [2.05, 4.69) is 93.3 Å². The van der Waals surface area contributed by atoms with E-state index in [1.54, 1.807) is 0 Å². The van der Waals surface area contributed by atoms with Crippen LogP contribution in [0.5, 0.6) is 0 Å². The molecule has 2 saturated heterocycles. The minimum atomic E-state index is -2.56. The van der Waals surface area contributed by atoms with E-state index in [1.165, 1.54) is 16.8 Å². The second-order valence-corrected chi connectivity index (χ2v) is 15.6. The number of carbonyl (C=O) groups excluding carboxylic acids is 1. The van der Waals surface area contributed by atoms with Gasteiger partial charge in [0.1, 0.15) is 0 Å². The fraction of sp³-hybridized carbons (Fsp3) is 0.536.